The molecule has 0 radical (unpaired) electrons. The lowest BCUT2D eigenvalue weighted by Crippen LogP contribution is -2.29. The third-order valence-electron chi connectivity index (χ3n) is 3.47. The number of nitrogens with two attached hydrogens (primary N) is 2. The molecule has 0 spiro atoms. The van der Waals surface area contributed by atoms with Gasteiger partial charge in [0.25, 0.3) is 5.56 Å². The molecule has 0 atom stereocenters. The molecule has 0 amide bonds. The van der Waals surface area contributed by atoms with Gasteiger partial charge < -0.3 is 11.5 Å². The number of hydrogen-bond donors (Lipinski definition) is 2. The molecule has 0 aliphatic heterocycles. The number of rotatable bonds is 1. The maximum Gasteiger partial charge on any atom is 0.431 e. The summed E-state index contributed by atoms with van der Waals surface area (Å²) in [4.78, 5) is 19.8. The minimum atomic E-state index is -5.02. The number of fused-ring (bicyclic) bond motifs is 1. The maximum absolute atomic E-state index is 14.2. The molecule has 130 valence electrons. The molecular weight excluding hydrogens is 366 g/mol. The van der Waals surface area contributed by atoms with Crippen molar-refractivity contribution in [3.8, 4) is 5.69 Å². The van der Waals surface area contributed by atoms with Crippen molar-refractivity contribution in [1.29, 1.82) is 0 Å². The van der Waals surface area contributed by atoms with Gasteiger partial charge in [-0.2, -0.15) is 13.2 Å². The van der Waals surface area contributed by atoms with Gasteiger partial charge in [-0.3, -0.25) is 9.36 Å². The van der Waals surface area contributed by atoms with Crippen LogP contribution in [0.3, 0.4) is 0 Å². The molecule has 6 nitrogen and oxygen atoms in total. The molecule has 0 aliphatic rings. The first-order valence-electron chi connectivity index (χ1n) is 6.60. The van der Waals surface area contributed by atoms with E-state index in [1.807, 2.05) is 0 Å². The highest BCUT2D eigenvalue weighted by molar-refractivity contribution is 6.33. The van der Waals surface area contributed by atoms with Gasteiger partial charge in [0.2, 0.25) is 0 Å². The predicted molar refractivity (Wildman–Crippen MR) is 83.9 cm³/mol. The van der Waals surface area contributed by atoms with E-state index in [1.54, 1.807) is 0 Å². The Hall–Kier alpha value is -2.88. The molecule has 0 bridgehead atoms. The van der Waals surface area contributed by atoms with Crippen molar-refractivity contribution in [2.45, 2.75) is 6.18 Å². The highest BCUT2D eigenvalue weighted by atomic mass is 35.5. The van der Waals surface area contributed by atoms with Gasteiger partial charge in [-0.1, -0.05) is 11.6 Å². The summed E-state index contributed by atoms with van der Waals surface area (Å²) in [6, 6.07) is 2.43. The normalized spacial score (nSPS) is 11.9. The number of hydrogen-bond acceptors (Lipinski definition) is 5. The monoisotopic (exact) mass is 373 g/mol. The van der Waals surface area contributed by atoms with Crippen molar-refractivity contribution in [3.05, 3.63) is 51.4 Å². The van der Waals surface area contributed by atoms with Crippen LogP contribution >= 0.6 is 11.6 Å². The second kappa shape index (κ2) is 5.59. The lowest BCUT2D eigenvalue weighted by atomic mass is 10.2. The van der Waals surface area contributed by atoms with Crippen molar-refractivity contribution < 1.29 is 17.6 Å². The van der Waals surface area contributed by atoms with Crippen LogP contribution in [-0.2, 0) is 6.18 Å². The number of alkyl halides is 3. The highest BCUT2D eigenvalue weighted by Gasteiger charge is 2.37. The van der Waals surface area contributed by atoms with Gasteiger partial charge >= 0.3 is 6.18 Å². The number of aromatic nitrogens is 3. The minimum absolute atomic E-state index is 0.0886. The number of anilines is 2. The summed E-state index contributed by atoms with van der Waals surface area (Å²) in [6.45, 7) is 0. The van der Waals surface area contributed by atoms with Crippen LogP contribution < -0.4 is 17.0 Å². The molecule has 3 rings (SSSR count). The number of nitrogens with zero attached hydrogens (tertiary/aromatic N) is 3. The van der Waals surface area contributed by atoms with Crippen molar-refractivity contribution in [2.75, 3.05) is 11.5 Å². The summed E-state index contributed by atoms with van der Waals surface area (Å²) < 4.78 is 54.8. The molecule has 0 fully saturated rings. The highest BCUT2D eigenvalue weighted by Crippen LogP contribution is 2.36. The van der Waals surface area contributed by atoms with Gasteiger partial charge in [-0.25, -0.2) is 14.4 Å². The summed E-state index contributed by atoms with van der Waals surface area (Å²) in [5.41, 5.74) is 6.64. The molecule has 2 heterocycles. The van der Waals surface area contributed by atoms with Crippen LogP contribution in [0.15, 0.2) is 29.3 Å². The second-order valence-corrected chi connectivity index (χ2v) is 5.39. The zero-order chi connectivity index (χ0) is 18.5. The fourth-order valence-electron chi connectivity index (χ4n) is 2.35. The molecule has 11 heteroatoms. The SMILES string of the molecule is Nc1c(Cl)ccc(F)c1-n1c(C(F)(F)F)cc2c(N)ncnc2c1=O. The van der Waals surface area contributed by atoms with Crippen LogP contribution in [0.5, 0.6) is 0 Å². The van der Waals surface area contributed by atoms with E-state index >= 15 is 0 Å². The van der Waals surface area contributed by atoms with E-state index in [2.05, 4.69) is 9.97 Å². The Balaban J connectivity index is 2.58. The van der Waals surface area contributed by atoms with Gasteiger partial charge in [-0.05, 0) is 18.2 Å². The Morgan fingerprint density at radius 3 is 2.48 bits per heavy atom. The molecule has 3 aromatic rings. The first-order chi connectivity index (χ1) is 11.6. The predicted octanol–water partition coefficient (Wildman–Crippen LogP) is 2.76. The van der Waals surface area contributed by atoms with E-state index in [0.29, 0.717) is 6.07 Å². The molecule has 2 aromatic heterocycles. The van der Waals surface area contributed by atoms with Gasteiger partial charge in [0.15, 0.2) is 0 Å². The fraction of sp³-hybridized carbons (Fsp3) is 0.0714. The van der Waals surface area contributed by atoms with E-state index in [1.165, 1.54) is 0 Å². The van der Waals surface area contributed by atoms with Gasteiger partial charge in [0.05, 0.1) is 16.1 Å². The molecule has 4 N–H and O–H groups in total. The summed E-state index contributed by atoms with van der Waals surface area (Å²) in [5.74, 6) is -1.48. The quantitative estimate of drug-likeness (QED) is 0.504. The third-order valence-corrected chi connectivity index (χ3v) is 3.80. The Morgan fingerprint density at radius 2 is 1.84 bits per heavy atom. The zero-order valence-corrected chi connectivity index (χ0v) is 12.9. The topological polar surface area (TPSA) is 99.8 Å². The number of pyridine rings is 1. The molecule has 25 heavy (non-hydrogen) atoms. The van der Waals surface area contributed by atoms with E-state index in [0.717, 1.165) is 18.5 Å². The average molecular weight is 374 g/mol. The summed E-state index contributed by atoms with van der Waals surface area (Å²) in [5, 5.41) is -0.518. The van der Waals surface area contributed by atoms with Crippen molar-refractivity contribution in [1.82, 2.24) is 14.5 Å². The first-order valence-corrected chi connectivity index (χ1v) is 6.98. The standard InChI is InChI=1S/C14H8ClF4N5O/c15-6-1-2-7(16)11(9(6)20)24-8(14(17,18)19)3-5-10(13(24)25)22-4-23-12(5)21/h1-4H,20H2,(H2,21,22,23). The van der Waals surface area contributed by atoms with E-state index < -0.39 is 40.1 Å². The largest absolute Gasteiger partial charge is 0.431 e. The summed E-state index contributed by atoms with van der Waals surface area (Å²) in [7, 11) is 0. The smallest absolute Gasteiger partial charge is 0.396 e. The van der Waals surface area contributed by atoms with Gasteiger partial charge in [0, 0.05) is 0 Å². The van der Waals surface area contributed by atoms with Crippen molar-refractivity contribution >= 4 is 34.0 Å². The lowest BCUT2D eigenvalue weighted by molar-refractivity contribution is -0.142. The molecule has 0 aliphatic carbocycles. The molecule has 1 aromatic carbocycles. The first kappa shape index (κ1) is 17.0. The minimum Gasteiger partial charge on any atom is -0.396 e. The second-order valence-electron chi connectivity index (χ2n) is 4.98. The molecule has 0 unspecified atom stereocenters. The van der Waals surface area contributed by atoms with Crippen LogP contribution in [0.1, 0.15) is 5.69 Å². The zero-order valence-electron chi connectivity index (χ0n) is 12.1. The summed E-state index contributed by atoms with van der Waals surface area (Å²) in [6.07, 6.45) is -4.11. The molecular formula is C14H8ClF4N5O. The number of benzene rings is 1. The van der Waals surface area contributed by atoms with Gasteiger partial charge in [0.1, 0.15) is 34.9 Å². The summed E-state index contributed by atoms with van der Waals surface area (Å²) >= 11 is 5.76. The van der Waals surface area contributed by atoms with Crippen molar-refractivity contribution in [3.63, 3.8) is 0 Å². The lowest BCUT2D eigenvalue weighted by Gasteiger charge is -2.19. The van der Waals surface area contributed by atoms with E-state index in [4.69, 9.17) is 23.1 Å². The van der Waals surface area contributed by atoms with Crippen LogP contribution in [0.25, 0.3) is 16.6 Å². The fourth-order valence-corrected chi connectivity index (χ4v) is 2.51. The third kappa shape index (κ3) is 2.64. The van der Waals surface area contributed by atoms with Crippen LogP contribution in [0.4, 0.5) is 29.1 Å². The van der Waals surface area contributed by atoms with Crippen LogP contribution in [0, 0.1) is 5.82 Å². The Labute approximate surface area is 141 Å². The average Bonchev–Trinajstić information content (AvgIpc) is 2.53. The van der Waals surface area contributed by atoms with Crippen LogP contribution in [0.2, 0.25) is 5.02 Å². The van der Waals surface area contributed by atoms with E-state index in [-0.39, 0.29) is 20.8 Å². The van der Waals surface area contributed by atoms with E-state index in [9.17, 15) is 22.4 Å². The van der Waals surface area contributed by atoms with Crippen molar-refractivity contribution in [2.24, 2.45) is 0 Å². The molecule has 0 saturated heterocycles. The van der Waals surface area contributed by atoms with Crippen LogP contribution in [-0.4, -0.2) is 14.5 Å². The Morgan fingerprint density at radius 1 is 1.16 bits per heavy atom. The number of nitrogen functional groups attached to an aromatic ring is 2. The maximum atomic E-state index is 14.2. The Bertz CT molecular complexity index is 1060. The Kier molecular flexibility index (Phi) is 3.79. The van der Waals surface area contributed by atoms with Gasteiger partial charge in [-0.15, -0.1) is 0 Å². The molecule has 0 saturated carbocycles. The number of halogens is 5.